The van der Waals surface area contributed by atoms with Crippen LogP contribution in [0.4, 0.5) is 0 Å². The summed E-state index contributed by atoms with van der Waals surface area (Å²) in [5, 5.41) is 0. The fourth-order valence-corrected chi connectivity index (χ4v) is 0. The Bertz CT molecular complexity index is 6.00. The van der Waals surface area contributed by atoms with E-state index in [1.54, 1.807) is 0 Å². The molecular formula is C2H6HgS+2. The monoisotopic (exact) mass is 264 g/mol. The first kappa shape index (κ1) is 8.99. The molecule has 0 aromatic rings. The predicted molar refractivity (Wildman–Crippen MR) is 19.5 cm³/mol. The molecule has 0 nitrogen and oxygen atoms in total. The zero-order chi connectivity index (χ0) is 2.71. The first-order chi connectivity index (χ1) is 1.41. The summed E-state index contributed by atoms with van der Waals surface area (Å²) < 4.78 is 0. The molecule has 0 aliphatic heterocycles. The normalized spacial score (nSPS) is 4.50. The van der Waals surface area contributed by atoms with Gasteiger partial charge in [0.05, 0.1) is 0 Å². The van der Waals surface area contributed by atoms with Crippen LogP contribution in [-0.4, -0.2) is 5.75 Å². The van der Waals surface area contributed by atoms with Gasteiger partial charge in [-0.1, -0.05) is 6.92 Å². The molecule has 20 valence electrons. The number of rotatable bonds is 0. The average molecular weight is 263 g/mol. The molecule has 0 saturated heterocycles. The molecule has 2 heteroatoms. The summed E-state index contributed by atoms with van der Waals surface area (Å²) in [6, 6.07) is 0. The quantitative estimate of drug-likeness (QED) is 0.487. The summed E-state index contributed by atoms with van der Waals surface area (Å²) in [6.45, 7) is 1.99. The van der Waals surface area contributed by atoms with Crippen LogP contribution in [0, 0.1) is 0 Å². The molecule has 0 bridgehead atoms. The third-order valence-electron chi connectivity index (χ3n) is 0. The van der Waals surface area contributed by atoms with Crippen molar-refractivity contribution in [3.05, 3.63) is 0 Å². The van der Waals surface area contributed by atoms with E-state index in [-0.39, 0.29) is 27.7 Å². The Labute approximate surface area is 52.9 Å². The average Bonchev–Trinajstić information content (AvgIpc) is 0.918. The minimum atomic E-state index is 0. The smallest absolute Gasteiger partial charge is 0.180 e. The predicted octanol–water partition coefficient (Wildman–Crippen LogP) is 0.934. The van der Waals surface area contributed by atoms with E-state index in [2.05, 4.69) is 12.6 Å². The van der Waals surface area contributed by atoms with Gasteiger partial charge in [-0.2, -0.15) is 12.6 Å². The summed E-state index contributed by atoms with van der Waals surface area (Å²) in [7, 11) is 0. The van der Waals surface area contributed by atoms with Crippen molar-refractivity contribution in [2.75, 3.05) is 5.75 Å². The van der Waals surface area contributed by atoms with Crippen LogP contribution in [0.2, 0.25) is 0 Å². The van der Waals surface area contributed by atoms with Crippen LogP contribution < -0.4 is 0 Å². The zero-order valence-electron chi connectivity index (χ0n) is 2.86. The van der Waals surface area contributed by atoms with Crippen LogP contribution in [0.15, 0.2) is 0 Å². The maximum absolute atomic E-state index is 3.79. The van der Waals surface area contributed by atoms with E-state index in [9.17, 15) is 0 Å². The number of thiol groups is 1. The zero-order valence-corrected chi connectivity index (χ0v) is 9.25. The molecule has 0 amide bonds. The van der Waals surface area contributed by atoms with E-state index in [1.165, 1.54) is 0 Å². The topological polar surface area (TPSA) is 0 Å². The third-order valence-corrected chi connectivity index (χ3v) is 0. The van der Waals surface area contributed by atoms with Crippen LogP contribution >= 0.6 is 12.6 Å². The van der Waals surface area contributed by atoms with Crippen molar-refractivity contribution < 1.29 is 27.7 Å². The SMILES string of the molecule is CCS.[Hg+2]. The van der Waals surface area contributed by atoms with Gasteiger partial charge < -0.3 is 0 Å². The van der Waals surface area contributed by atoms with Crippen molar-refractivity contribution in [1.82, 2.24) is 0 Å². The van der Waals surface area contributed by atoms with Gasteiger partial charge in [0.1, 0.15) is 0 Å². The second-order valence-corrected chi connectivity index (χ2v) is 0.949. The molecule has 0 fully saturated rings. The van der Waals surface area contributed by atoms with Crippen LogP contribution in [0.3, 0.4) is 0 Å². The fourth-order valence-electron chi connectivity index (χ4n) is 0. The Kier molecular flexibility index (Phi) is 19.9. The molecule has 4 heavy (non-hydrogen) atoms. The molecule has 0 N–H and O–H groups in total. The molecule has 0 aromatic carbocycles. The number of hydrogen-bond acceptors (Lipinski definition) is 1. The third kappa shape index (κ3) is 10.4. The van der Waals surface area contributed by atoms with Crippen molar-refractivity contribution in [3.8, 4) is 0 Å². The second-order valence-electron chi connectivity index (χ2n) is 0.316. The molecule has 0 spiro atoms. The van der Waals surface area contributed by atoms with Gasteiger partial charge in [-0.15, -0.1) is 0 Å². The standard InChI is InChI=1S/C2H6S.Hg/c1-2-3;/h3H,2H2,1H3;/q;+2. The van der Waals surface area contributed by atoms with Gasteiger partial charge in [0.25, 0.3) is 0 Å². The van der Waals surface area contributed by atoms with Gasteiger partial charge in [0, 0.05) is 0 Å². The van der Waals surface area contributed by atoms with Gasteiger partial charge in [-0.25, -0.2) is 0 Å². The van der Waals surface area contributed by atoms with Gasteiger partial charge in [-0.05, 0) is 5.75 Å². The maximum atomic E-state index is 3.79. The van der Waals surface area contributed by atoms with Crippen LogP contribution in [0.25, 0.3) is 0 Å². The summed E-state index contributed by atoms with van der Waals surface area (Å²) in [6.07, 6.45) is 0. The van der Waals surface area contributed by atoms with E-state index in [0.717, 1.165) is 5.75 Å². The molecule has 0 saturated carbocycles. The first-order valence-corrected chi connectivity index (χ1v) is 1.66. The van der Waals surface area contributed by atoms with E-state index in [1.807, 2.05) is 6.92 Å². The first-order valence-electron chi connectivity index (χ1n) is 1.02. The summed E-state index contributed by atoms with van der Waals surface area (Å²) in [4.78, 5) is 0. The fraction of sp³-hybridized carbons (Fsp3) is 1.00. The van der Waals surface area contributed by atoms with E-state index in [0.29, 0.717) is 0 Å². The Morgan fingerprint density at radius 3 is 1.75 bits per heavy atom. The van der Waals surface area contributed by atoms with Crippen molar-refractivity contribution >= 4 is 12.6 Å². The van der Waals surface area contributed by atoms with Gasteiger partial charge in [0.2, 0.25) is 0 Å². The largest absolute Gasteiger partial charge is 2.00 e. The van der Waals surface area contributed by atoms with Gasteiger partial charge in [-0.3, -0.25) is 0 Å². The minimum Gasteiger partial charge on any atom is -0.180 e. The molecule has 0 aromatic heterocycles. The van der Waals surface area contributed by atoms with E-state index >= 15 is 0 Å². The summed E-state index contributed by atoms with van der Waals surface area (Å²) >= 11 is 3.79. The van der Waals surface area contributed by atoms with Crippen molar-refractivity contribution in [3.63, 3.8) is 0 Å². The molecule has 0 atom stereocenters. The Hall–Kier alpha value is 1.29. The molecular weight excluding hydrogens is 257 g/mol. The maximum Gasteiger partial charge on any atom is 2.00 e. The van der Waals surface area contributed by atoms with Gasteiger partial charge in [0.15, 0.2) is 0 Å². The Morgan fingerprint density at radius 2 is 1.75 bits per heavy atom. The molecule has 0 rings (SSSR count). The second kappa shape index (κ2) is 8.86. The van der Waals surface area contributed by atoms with E-state index in [4.69, 9.17) is 0 Å². The van der Waals surface area contributed by atoms with Crippen LogP contribution in [-0.2, 0) is 27.7 Å². The molecule has 0 unspecified atom stereocenters. The van der Waals surface area contributed by atoms with E-state index < -0.39 is 0 Å². The Balaban J connectivity index is 0. The molecule has 0 heterocycles. The summed E-state index contributed by atoms with van der Waals surface area (Å²) in [5.74, 6) is 0.944. The van der Waals surface area contributed by atoms with Crippen molar-refractivity contribution in [2.24, 2.45) is 0 Å². The number of hydrogen-bond donors (Lipinski definition) is 1. The van der Waals surface area contributed by atoms with Crippen LogP contribution in [0.1, 0.15) is 6.92 Å². The van der Waals surface area contributed by atoms with Crippen molar-refractivity contribution in [1.29, 1.82) is 0 Å². The molecule has 0 aliphatic carbocycles. The Morgan fingerprint density at radius 1 is 1.75 bits per heavy atom. The van der Waals surface area contributed by atoms with Gasteiger partial charge >= 0.3 is 27.7 Å². The molecule has 0 aliphatic rings. The minimum absolute atomic E-state index is 0. The van der Waals surface area contributed by atoms with Crippen LogP contribution in [0.5, 0.6) is 0 Å². The summed E-state index contributed by atoms with van der Waals surface area (Å²) in [5.41, 5.74) is 0. The van der Waals surface area contributed by atoms with Crippen molar-refractivity contribution in [2.45, 2.75) is 6.92 Å². The molecule has 0 radical (unpaired) electrons.